The number of pyridine rings is 1. The average molecular weight is 273 g/mol. The highest BCUT2D eigenvalue weighted by molar-refractivity contribution is 9.10. The van der Waals surface area contributed by atoms with Gasteiger partial charge in [-0.15, -0.1) is 0 Å². The van der Waals surface area contributed by atoms with E-state index >= 15 is 0 Å². The van der Waals surface area contributed by atoms with Crippen LogP contribution in [0.15, 0.2) is 22.9 Å². The Bertz CT molecular complexity index is 366. The van der Waals surface area contributed by atoms with Gasteiger partial charge in [-0.1, -0.05) is 0 Å². The van der Waals surface area contributed by atoms with Crippen LogP contribution < -0.4 is 5.32 Å². The van der Waals surface area contributed by atoms with Crippen LogP contribution in [-0.2, 0) is 9.53 Å². The van der Waals surface area contributed by atoms with Crippen molar-refractivity contribution in [2.24, 2.45) is 0 Å². The molecule has 5 heteroatoms. The Morgan fingerprint density at radius 3 is 2.80 bits per heavy atom. The average Bonchev–Trinajstić information content (AvgIpc) is 2.21. The van der Waals surface area contributed by atoms with E-state index in [1.807, 2.05) is 0 Å². The van der Waals surface area contributed by atoms with Crippen LogP contribution >= 0.6 is 15.9 Å². The standard InChI is InChI=1S/C10H13BrN2O2/c1-10(2,15-3)9(14)13-8-4-5-12-6-7(8)11/h4-6H,1-3H3,(H,12,13,14). The maximum absolute atomic E-state index is 11.7. The lowest BCUT2D eigenvalue weighted by Gasteiger charge is -2.21. The summed E-state index contributed by atoms with van der Waals surface area (Å²) in [4.78, 5) is 15.6. The van der Waals surface area contributed by atoms with Crippen LogP contribution in [0.3, 0.4) is 0 Å². The Kier molecular flexibility index (Phi) is 3.82. The number of hydrogen-bond donors (Lipinski definition) is 1. The number of halogens is 1. The fourth-order valence-electron chi connectivity index (χ4n) is 0.842. The number of hydrogen-bond acceptors (Lipinski definition) is 3. The van der Waals surface area contributed by atoms with Crippen molar-refractivity contribution in [3.63, 3.8) is 0 Å². The first-order valence-corrected chi connectivity index (χ1v) is 5.23. The molecule has 0 saturated carbocycles. The van der Waals surface area contributed by atoms with Gasteiger partial charge in [0, 0.05) is 19.5 Å². The van der Waals surface area contributed by atoms with Gasteiger partial charge in [-0.2, -0.15) is 0 Å². The van der Waals surface area contributed by atoms with Gasteiger partial charge in [0.2, 0.25) is 0 Å². The third-order valence-electron chi connectivity index (χ3n) is 2.08. The highest BCUT2D eigenvalue weighted by Crippen LogP contribution is 2.21. The summed E-state index contributed by atoms with van der Waals surface area (Å²) < 4.78 is 5.81. The predicted molar refractivity (Wildman–Crippen MR) is 61.7 cm³/mol. The molecule has 0 aromatic carbocycles. The summed E-state index contributed by atoms with van der Waals surface area (Å²) in [5.41, 5.74) is -0.164. The summed E-state index contributed by atoms with van der Waals surface area (Å²) in [7, 11) is 1.50. The SMILES string of the molecule is COC(C)(C)C(=O)Nc1ccncc1Br. The molecule has 0 bridgehead atoms. The summed E-state index contributed by atoms with van der Waals surface area (Å²) >= 11 is 3.30. The summed E-state index contributed by atoms with van der Waals surface area (Å²) in [5, 5.41) is 2.75. The molecule has 0 atom stereocenters. The molecule has 0 aliphatic rings. The molecule has 0 radical (unpaired) electrons. The summed E-state index contributed by atoms with van der Waals surface area (Å²) in [6.07, 6.45) is 3.23. The van der Waals surface area contributed by atoms with E-state index in [2.05, 4.69) is 26.2 Å². The lowest BCUT2D eigenvalue weighted by molar-refractivity contribution is -0.133. The molecule has 0 aliphatic carbocycles. The zero-order valence-electron chi connectivity index (χ0n) is 8.87. The molecule has 1 aromatic rings. The van der Waals surface area contributed by atoms with Crippen molar-refractivity contribution in [3.05, 3.63) is 22.9 Å². The smallest absolute Gasteiger partial charge is 0.256 e. The van der Waals surface area contributed by atoms with Crippen LogP contribution in [0.1, 0.15) is 13.8 Å². The van der Waals surface area contributed by atoms with Crippen LogP contribution in [0.25, 0.3) is 0 Å². The minimum Gasteiger partial charge on any atom is -0.369 e. The third kappa shape index (κ3) is 3.00. The second kappa shape index (κ2) is 4.72. The molecule has 0 fully saturated rings. The molecule has 0 aliphatic heterocycles. The zero-order valence-corrected chi connectivity index (χ0v) is 10.5. The largest absolute Gasteiger partial charge is 0.369 e. The van der Waals surface area contributed by atoms with Gasteiger partial charge in [-0.25, -0.2) is 0 Å². The fourth-order valence-corrected chi connectivity index (χ4v) is 1.19. The third-order valence-corrected chi connectivity index (χ3v) is 2.71. The van der Waals surface area contributed by atoms with Crippen molar-refractivity contribution >= 4 is 27.5 Å². The van der Waals surface area contributed by atoms with E-state index in [0.29, 0.717) is 5.69 Å². The first kappa shape index (κ1) is 12.1. The molecule has 82 valence electrons. The van der Waals surface area contributed by atoms with E-state index < -0.39 is 5.60 Å². The van der Waals surface area contributed by atoms with Gasteiger partial charge in [-0.3, -0.25) is 9.78 Å². The van der Waals surface area contributed by atoms with Gasteiger partial charge >= 0.3 is 0 Å². The predicted octanol–water partition coefficient (Wildman–Crippen LogP) is 2.21. The topological polar surface area (TPSA) is 51.2 Å². The summed E-state index contributed by atoms with van der Waals surface area (Å²) in [6.45, 7) is 3.41. The van der Waals surface area contributed by atoms with Crippen molar-refractivity contribution in [1.29, 1.82) is 0 Å². The molecular weight excluding hydrogens is 260 g/mol. The van der Waals surface area contributed by atoms with Crippen molar-refractivity contribution < 1.29 is 9.53 Å². The van der Waals surface area contributed by atoms with Gasteiger partial charge in [0.25, 0.3) is 5.91 Å². The lowest BCUT2D eigenvalue weighted by atomic mass is 10.1. The fraction of sp³-hybridized carbons (Fsp3) is 0.400. The number of rotatable bonds is 3. The quantitative estimate of drug-likeness (QED) is 0.918. The Morgan fingerprint density at radius 1 is 1.60 bits per heavy atom. The van der Waals surface area contributed by atoms with Gasteiger partial charge in [0.1, 0.15) is 5.60 Å². The Morgan fingerprint density at radius 2 is 2.27 bits per heavy atom. The molecule has 1 aromatic heterocycles. The van der Waals surface area contributed by atoms with Crippen LogP contribution in [0, 0.1) is 0 Å². The van der Waals surface area contributed by atoms with Crippen molar-refractivity contribution in [2.45, 2.75) is 19.4 Å². The van der Waals surface area contributed by atoms with Crippen LogP contribution in [0.5, 0.6) is 0 Å². The minimum absolute atomic E-state index is 0.197. The van der Waals surface area contributed by atoms with Crippen molar-refractivity contribution in [3.8, 4) is 0 Å². The van der Waals surface area contributed by atoms with E-state index in [-0.39, 0.29) is 5.91 Å². The maximum Gasteiger partial charge on any atom is 0.256 e. The van der Waals surface area contributed by atoms with E-state index in [1.165, 1.54) is 7.11 Å². The molecule has 1 amide bonds. The van der Waals surface area contributed by atoms with E-state index in [4.69, 9.17) is 4.74 Å². The molecule has 15 heavy (non-hydrogen) atoms. The van der Waals surface area contributed by atoms with Gasteiger partial charge in [0.15, 0.2) is 0 Å². The summed E-state index contributed by atoms with van der Waals surface area (Å²) in [6, 6.07) is 1.72. The van der Waals surface area contributed by atoms with Crippen molar-refractivity contribution in [2.75, 3.05) is 12.4 Å². The minimum atomic E-state index is -0.845. The highest BCUT2D eigenvalue weighted by atomic mass is 79.9. The number of methoxy groups -OCH3 is 1. The molecule has 4 nitrogen and oxygen atoms in total. The van der Waals surface area contributed by atoms with Gasteiger partial charge in [-0.05, 0) is 35.8 Å². The number of nitrogens with zero attached hydrogens (tertiary/aromatic N) is 1. The van der Waals surface area contributed by atoms with E-state index in [1.54, 1.807) is 32.3 Å². The summed E-state index contributed by atoms with van der Waals surface area (Å²) in [5.74, 6) is -0.197. The van der Waals surface area contributed by atoms with Crippen LogP contribution in [-0.4, -0.2) is 23.6 Å². The number of amides is 1. The number of carbonyl (C=O) groups excluding carboxylic acids is 1. The Balaban J connectivity index is 2.80. The van der Waals surface area contributed by atoms with Crippen LogP contribution in [0.4, 0.5) is 5.69 Å². The first-order chi connectivity index (χ1) is 6.97. The highest BCUT2D eigenvalue weighted by Gasteiger charge is 2.27. The normalized spacial score (nSPS) is 11.2. The number of aromatic nitrogens is 1. The molecule has 1 rings (SSSR count). The lowest BCUT2D eigenvalue weighted by Crippen LogP contribution is -2.38. The van der Waals surface area contributed by atoms with Crippen molar-refractivity contribution in [1.82, 2.24) is 4.98 Å². The van der Waals surface area contributed by atoms with E-state index in [0.717, 1.165) is 4.47 Å². The number of nitrogens with one attached hydrogen (secondary N) is 1. The maximum atomic E-state index is 11.7. The zero-order chi connectivity index (χ0) is 11.5. The Hall–Kier alpha value is -0.940. The number of ether oxygens (including phenoxy) is 1. The molecule has 0 unspecified atom stereocenters. The monoisotopic (exact) mass is 272 g/mol. The van der Waals surface area contributed by atoms with E-state index in [9.17, 15) is 4.79 Å². The van der Waals surface area contributed by atoms with Gasteiger partial charge < -0.3 is 10.1 Å². The second-order valence-corrected chi connectivity index (χ2v) is 4.38. The molecule has 1 N–H and O–H groups in total. The van der Waals surface area contributed by atoms with Gasteiger partial charge in [0.05, 0.1) is 10.2 Å². The number of carbonyl (C=O) groups is 1. The molecule has 0 saturated heterocycles. The molecule has 1 heterocycles. The van der Waals surface area contributed by atoms with Crippen LogP contribution in [0.2, 0.25) is 0 Å². The second-order valence-electron chi connectivity index (χ2n) is 3.52. The first-order valence-electron chi connectivity index (χ1n) is 4.43. The molecule has 0 spiro atoms. The Labute approximate surface area is 97.2 Å². The molecular formula is C10H13BrN2O2. The number of anilines is 1.